The summed E-state index contributed by atoms with van der Waals surface area (Å²) in [6, 6.07) is 0. The van der Waals surface area contributed by atoms with Crippen LogP contribution in [0.1, 0.15) is 34.6 Å². The third-order valence-corrected chi connectivity index (χ3v) is 12.2. The second-order valence-corrected chi connectivity index (χ2v) is 11.5. The van der Waals surface area contributed by atoms with Crippen molar-refractivity contribution >= 4 is 17.1 Å². The van der Waals surface area contributed by atoms with Crippen molar-refractivity contribution in [1.29, 1.82) is 0 Å². The molecule has 0 aliphatic heterocycles. The van der Waals surface area contributed by atoms with Crippen LogP contribution in [-0.2, 0) is 17.7 Å². The van der Waals surface area contributed by atoms with E-state index in [-0.39, 0.29) is 5.16 Å². The van der Waals surface area contributed by atoms with Gasteiger partial charge in [-0.3, -0.25) is 0 Å². The largest absolute Gasteiger partial charge is 0.391 e. The lowest BCUT2D eigenvalue weighted by molar-refractivity contribution is 0.163. The molecule has 0 unspecified atom stereocenters. The highest BCUT2D eigenvalue weighted by molar-refractivity contribution is 6.92. The molecule has 0 spiro atoms. The molecule has 0 heterocycles. The highest BCUT2D eigenvalue weighted by Crippen LogP contribution is 2.36. The summed E-state index contributed by atoms with van der Waals surface area (Å²) in [5.74, 6) is 0. The second kappa shape index (κ2) is 9.65. The lowest BCUT2D eigenvalue weighted by Gasteiger charge is -2.40. The van der Waals surface area contributed by atoms with Crippen LogP contribution in [0.5, 0.6) is 0 Å². The summed E-state index contributed by atoms with van der Waals surface area (Å²) in [5.41, 5.74) is 3.68. The molecule has 0 amide bonds. The van der Waals surface area contributed by atoms with Gasteiger partial charge in [0.15, 0.2) is 0 Å². The highest BCUT2D eigenvalue weighted by Gasteiger charge is 2.55. The molecule has 0 aliphatic rings. The number of rotatable bonds is 12. The van der Waals surface area contributed by atoms with Crippen molar-refractivity contribution in [3.63, 3.8) is 0 Å². The average Bonchev–Trinajstić information content (AvgIpc) is 2.45. The van der Waals surface area contributed by atoms with Crippen LogP contribution in [0.4, 0.5) is 0 Å². The predicted molar refractivity (Wildman–Crippen MR) is 87.8 cm³/mol. The Morgan fingerprint density at radius 2 is 1.00 bits per heavy atom. The molecule has 20 heavy (non-hydrogen) atoms. The standard InChI is InChI=1S/C14H30O4Si2/c1-8-15-19(12-5,16-9-2)14(7)20(13-6,17-10-3)18-11-4/h12-14H,5-6,8-11H2,1-4,7H3. The first-order valence-electron chi connectivity index (χ1n) is 7.35. The summed E-state index contributed by atoms with van der Waals surface area (Å²) in [4.78, 5) is 0. The number of hydrogen-bond donors (Lipinski definition) is 0. The van der Waals surface area contributed by atoms with E-state index in [1.54, 1.807) is 0 Å². The molecule has 0 aromatic rings. The fourth-order valence-corrected chi connectivity index (χ4v) is 10.5. The zero-order valence-electron chi connectivity index (χ0n) is 13.6. The minimum Gasteiger partial charge on any atom is -0.391 e. The van der Waals surface area contributed by atoms with E-state index >= 15 is 0 Å². The van der Waals surface area contributed by atoms with E-state index < -0.39 is 17.1 Å². The van der Waals surface area contributed by atoms with Gasteiger partial charge in [-0.05, 0) is 39.1 Å². The van der Waals surface area contributed by atoms with E-state index in [1.807, 2.05) is 39.1 Å². The first-order valence-corrected chi connectivity index (χ1v) is 11.3. The van der Waals surface area contributed by atoms with Crippen LogP contribution >= 0.6 is 0 Å². The van der Waals surface area contributed by atoms with Crippen molar-refractivity contribution in [2.24, 2.45) is 0 Å². The molecule has 4 nitrogen and oxygen atoms in total. The molecule has 0 aromatic heterocycles. The maximum Gasteiger partial charge on any atom is 0.369 e. The van der Waals surface area contributed by atoms with Gasteiger partial charge in [-0.25, -0.2) is 0 Å². The van der Waals surface area contributed by atoms with Crippen LogP contribution in [-0.4, -0.2) is 43.5 Å². The molecular formula is C14H30O4Si2. The summed E-state index contributed by atoms with van der Waals surface area (Å²) >= 11 is 0. The van der Waals surface area contributed by atoms with Gasteiger partial charge in [-0.1, -0.05) is 6.92 Å². The van der Waals surface area contributed by atoms with Gasteiger partial charge in [-0.2, -0.15) is 0 Å². The average molecular weight is 319 g/mol. The molecule has 0 saturated carbocycles. The van der Waals surface area contributed by atoms with E-state index in [0.717, 1.165) is 0 Å². The summed E-state index contributed by atoms with van der Waals surface area (Å²) in [6.45, 7) is 20.2. The quantitative estimate of drug-likeness (QED) is 0.517. The van der Waals surface area contributed by atoms with Crippen molar-refractivity contribution in [2.75, 3.05) is 26.4 Å². The summed E-state index contributed by atoms with van der Waals surface area (Å²) in [7, 11) is -5.20. The minimum atomic E-state index is -2.60. The van der Waals surface area contributed by atoms with Gasteiger partial charge in [0.05, 0.1) is 5.16 Å². The molecule has 0 radical (unpaired) electrons. The Hall–Kier alpha value is -0.246. The van der Waals surface area contributed by atoms with Crippen molar-refractivity contribution in [3.8, 4) is 0 Å². The van der Waals surface area contributed by atoms with Crippen molar-refractivity contribution in [3.05, 3.63) is 24.6 Å². The van der Waals surface area contributed by atoms with Gasteiger partial charge >= 0.3 is 17.1 Å². The highest BCUT2D eigenvalue weighted by atomic mass is 28.4. The summed E-state index contributed by atoms with van der Waals surface area (Å²) in [5, 5.41) is 0.0183. The van der Waals surface area contributed by atoms with Crippen LogP contribution in [0, 0.1) is 0 Å². The first kappa shape index (κ1) is 19.8. The Morgan fingerprint density at radius 1 is 0.750 bits per heavy atom. The molecular weight excluding hydrogens is 288 g/mol. The SMILES string of the molecule is C=C[Si](OCC)(OCC)C(C)[Si](C=C)(OCC)OCC. The van der Waals surface area contributed by atoms with Crippen molar-refractivity contribution in [2.45, 2.75) is 39.8 Å². The van der Waals surface area contributed by atoms with E-state index in [0.29, 0.717) is 26.4 Å². The van der Waals surface area contributed by atoms with E-state index in [1.165, 1.54) is 0 Å². The van der Waals surface area contributed by atoms with Crippen molar-refractivity contribution < 1.29 is 17.7 Å². The minimum absolute atomic E-state index is 0.0183. The molecule has 0 aliphatic carbocycles. The maximum absolute atomic E-state index is 6.01. The van der Waals surface area contributed by atoms with Crippen LogP contribution in [0.15, 0.2) is 24.6 Å². The molecule has 0 aromatic carbocycles. The molecule has 0 atom stereocenters. The van der Waals surface area contributed by atoms with Gasteiger partial charge in [0.2, 0.25) is 0 Å². The Bertz CT molecular complexity index is 257. The van der Waals surface area contributed by atoms with Gasteiger partial charge in [-0.15, -0.1) is 13.2 Å². The molecule has 0 rings (SSSR count). The van der Waals surface area contributed by atoms with E-state index in [4.69, 9.17) is 17.7 Å². The monoisotopic (exact) mass is 318 g/mol. The summed E-state index contributed by atoms with van der Waals surface area (Å²) < 4.78 is 24.0. The van der Waals surface area contributed by atoms with Gasteiger partial charge in [0, 0.05) is 26.4 Å². The Balaban J connectivity index is 5.58. The first-order chi connectivity index (χ1) is 9.52. The molecule has 0 N–H and O–H groups in total. The maximum atomic E-state index is 6.01. The fraction of sp³-hybridized carbons (Fsp3) is 0.714. The normalized spacial score (nSPS) is 12.7. The molecule has 6 heteroatoms. The fourth-order valence-electron chi connectivity index (χ4n) is 2.36. The molecule has 118 valence electrons. The Kier molecular flexibility index (Phi) is 9.53. The third kappa shape index (κ3) is 4.37. The van der Waals surface area contributed by atoms with Gasteiger partial charge in [0.25, 0.3) is 0 Å². The predicted octanol–water partition coefficient (Wildman–Crippen LogP) is 3.40. The summed E-state index contributed by atoms with van der Waals surface area (Å²) in [6.07, 6.45) is 0. The smallest absolute Gasteiger partial charge is 0.369 e. The Labute approximate surface area is 126 Å². The lowest BCUT2D eigenvalue weighted by atomic mass is 10.9. The molecule has 0 bridgehead atoms. The van der Waals surface area contributed by atoms with Crippen LogP contribution in [0.3, 0.4) is 0 Å². The van der Waals surface area contributed by atoms with E-state index in [2.05, 4.69) is 20.1 Å². The van der Waals surface area contributed by atoms with Crippen LogP contribution < -0.4 is 0 Å². The topological polar surface area (TPSA) is 36.9 Å². The zero-order chi connectivity index (χ0) is 15.6. The molecule has 0 saturated heterocycles. The van der Waals surface area contributed by atoms with Gasteiger partial charge in [0.1, 0.15) is 0 Å². The van der Waals surface area contributed by atoms with Crippen LogP contribution in [0.25, 0.3) is 0 Å². The van der Waals surface area contributed by atoms with Crippen molar-refractivity contribution in [1.82, 2.24) is 0 Å². The molecule has 0 fully saturated rings. The number of hydrogen-bond acceptors (Lipinski definition) is 4. The Morgan fingerprint density at radius 3 is 1.15 bits per heavy atom. The van der Waals surface area contributed by atoms with Crippen LogP contribution in [0.2, 0.25) is 5.16 Å². The zero-order valence-corrected chi connectivity index (χ0v) is 15.6. The lowest BCUT2D eigenvalue weighted by Crippen LogP contribution is -2.58. The second-order valence-electron chi connectivity index (χ2n) is 4.30. The van der Waals surface area contributed by atoms with E-state index in [9.17, 15) is 0 Å². The third-order valence-electron chi connectivity index (χ3n) is 3.26. The van der Waals surface area contributed by atoms with Gasteiger partial charge < -0.3 is 17.7 Å².